The number of aromatic nitrogens is 1. The maximum atomic E-state index is 5.17. The lowest BCUT2D eigenvalue weighted by Crippen LogP contribution is -2.43. The molecule has 4 heteroatoms. The molecule has 0 atom stereocenters. The van der Waals surface area contributed by atoms with Crippen molar-refractivity contribution in [2.45, 2.75) is 0 Å². The first kappa shape index (κ1) is 11.3. The van der Waals surface area contributed by atoms with Crippen LogP contribution in [0.2, 0.25) is 0 Å². The van der Waals surface area contributed by atoms with E-state index in [1.54, 1.807) is 7.11 Å². The maximum Gasteiger partial charge on any atom is 0.213 e. The molecule has 0 spiro atoms. The van der Waals surface area contributed by atoms with Crippen LogP contribution in [0.15, 0.2) is 30.3 Å². The molecule has 1 fully saturated rings. The van der Waals surface area contributed by atoms with E-state index < -0.39 is 0 Å². The number of hydrogen-bond acceptors (Lipinski definition) is 4. The van der Waals surface area contributed by atoms with Gasteiger partial charge >= 0.3 is 0 Å². The van der Waals surface area contributed by atoms with Gasteiger partial charge in [-0.1, -0.05) is 6.07 Å². The molecule has 2 heterocycles. The predicted octanol–water partition coefficient (Wildman–Crippen LogP) is 1.65. The van der Waals surface area contributed by atoms with Crippen LogP contribution in [0.4, 0.5) is 5.69 Å². The fraction of sp³-hybridized carbons (Fsp3) is 0.357. The third kappa shape index (κ3) is 1.99. The molecule has 0 bridgehead atoms. The SMILES string of the molecule is COc1ccc2c(N3CCNCC3)cccc2n1. The first-order chi connectivity index (χ1) is 8.88. The van der Waals surface area contributed by atoms with Crippen molar-refractivity contribution >= 4 is 16.6 Å². The number of methoxy groups -OCH3 is 1. The molecular formula is C14H17N3O. The van der Waals surface area contributed by atoms with E-state index in [0.717, 1.165) is 31.7 Å². The van der Waals surface area contributed by atoms with E-state index >= 15 is 0 Å². The minimum Gasteiger partial charge on any atom is -0.481 e. The Hall–Kier alpha value is -1.81. The Kier molecular flexibility index (Phi) is 3.02. The molecule has 2 aromatic rings. The lowest BCUT2D eigenvalue weighted by molar-refractivity contribution is 0.399. The van der Waals surface area contributed by atoms with Crippen molar-refractivity contribution < 1.29 is 4.74 Å². The van der Waals surface area contributed by atoms with Crippen LogP contribution in [-0.4, -0.2) is 38.3 Å². The zero-order chi connectivity index (χ0) is 12.4. The van der Waals surface area contributed by atoms with E-state index in [1.165, 1.54) is 11.1 Å². The topological polar surface area (TPSA) is 37.4 Å². The molecule has 1 saturated heterocycles. The third-order valence-corrected chi connectivity index (χ3v) is 3.35. The van der Waals surface area contributed by atoms with E-state index in [9.17, 15) is 0 Å². The zero-order valence-corrected chi connectivity index (χ0v) is 10.5. The second kappa shape index (κ2) is 4.82. The molecule has 0 unspecified atom stereocenters. The lowest BCUT2D eigenvalue weighted by atomic mass is 10.1. The second-order valence-electron chi connectivity index (χ2n) is 4.43. The molecule has 0 radical (unpaired) electrons. The van der Waals surface area contributed by atoms with E-state index in [0.29, 0.717) is 5.88 Å². The molecule has 3 rings (SSSR count). The highest BCUT2D eigenvalue weighted by atomic mass is 16.5. The number of pyridine rings is 1. The molecular weight excluding hydrogens is 226 g/mol. The molecule has 1 aliphatic rings. The van der Waals surface area contributed by atoms with Gasteiger partial charge in [-0.05, 0) is 18.2 Å². The number of hydrogen-bond donors (Lipinski definition) is 1. The Morgan fingerprint density at radius 2 is 2.00 bits per heavy atom. The molecule has 18 heavy (non-hydrogen) atoms. The summed E-state index contributed by atoms with van der Waals surface area (Å²) in [5.41, 5.74) is 2.26. The minimum absolute atomic E-state index is 0.667. The monoisotopic (exact) mass is 243 g/mol. The van der Waals surface area contributed by atoms with Gasteiger partial charge in [-0.2, -0.15) is 0 Å². The lowest BCUT2D eigenvalue weighted by Gasteiger charge is -2.30. The summed E-state index contributed by atoms with van der Waals surface area (Å²) in [6.07, 6.45) is 0. The van der Waals surface area contributed by atoms with E-state index in [2.05, 4.69) is 33.4 Å². The quantitative estimate of drug-likeness (QED) is 0.870. The fourth-order valence-electron chi connectivity index (χ4n) is 2.42. The van der Waals surface area contributed by atoms with Gasteiger partial charge in [0, 0.05) is 43.3 Å². The largest absolute Gasteiger partial charge is 0.481 e. The van der Waals surface area contributed by atoms with E-state index in [1.807, 2.05) is 12.1 Å². The smallest absolute Gasteiger partial charge is 0.213 e. The number of piperazine rings is 1. The van der Waals surface area contributed by atoms with Crippen molar-refractivity contribution in [2.24, 2.45) is 0 Å². The standard InChI is InChI=1S/C14H17N3O/c1-18-14-6-5-11-12(16-14)3-2-4-13(11)17-9-7-15-8-10-17/h2-6,15H,7-10H2,1H3. The van der Waals surface area contributed by atoms with Gasteiger partial charge in [0.2, 0.25) is 5.88 Å². The Labute approximate surface area is 107 Å². The average Bonchev–Trinajstić information content (AvgIpc) is 2.47. The second-order valence-corrected chi connectivity index (χ2v) is 4.43. The van der Waals surface area contributed by atoms with Crippen LogP contribution in [0.3, 0.4) is 0 Å². The summed E-state index contributed by atoms with van der Waals surface area (Å²) in [4.78, 5) is 6.89. The summed E-state index contributed by atoms with van der Waals surface area (Å²) in [5, 5.41) is 4.57. The Balaban J connectivity index is 2.05. The molecule has 0 saturated carbocycles. The highest BCUT2D eigenvalue weighted by Gasteiger charge is 2.13. The van der Waals surface area contributed by atoms with Crippen LogP contribution in [0.1, 0.15) is 0 Å². The van der Waals surface area contributed by atoms with Gasteiger partial charge in [-0.25, -0.2) is 4.98 Å². The number of nitrogens with zero attached hydrogens (tertiary/aromatic N) is 2. The maximum absolute atomic E-state index is 5.17. The van der Waals surface area contributed by atoms with E-state index in [-0.39, 0.29) is 0 Å². The van der Waals surface area contributed by atoms with Gasteiger partial charge in [0.1, 0.15) is 0 Å². The summed E-state index contributed by atoms with van der Waals surface area (Å²) in [6, 6.07) is 10.3. The van der Waals surface area contributed by atoms with Crippen LogP contribution in [0.25, 0.3) is 10.9 Å². The first-order valence-electron chi connectivity index (χ1n) is 6.28. The molecule has 0 aliphatic carbocycles. The Morgan fingerprint density at radius 3 is 2.78 bits per heavy atom. The first-order valence-corrected chi connectivity index (χ1v) is 6.28. The third-order valence-electron chi connectivity index (χ3n) is 3.35. The summed E-state index contributed by atoms with van der Waals surface area (Å²) in [6.45, 7) is 4.18. The van der Waals surface area contributed by atoms with Gasteiger partial charge in [-0.15, -0.1) is 0 Å². The minimum atomic E-state index is 0.667. The molecule has 1 N–H and O–H groups in total. The molecule has 94 valence electrons. The van der Waals surface area contributed by atoms with Gasteiger partial charge < -0.3 is 15.0 Å². The van der Waals surface area contributed by atoms with Crippen molar-refractivity contribution in [3.8, 4) is 5.88 Å². The molecule has 1 aromatic heterocycles. The Bertz CT molecular complexity index is 550. The molecule has 4 nitrogen and oxygen atoms in total. The van der Waals surface area contributed by atoms with Crippen molar-refractivity contribution in [1.29, 1.82) is 0 Å². The average molecular weight is 243 g/mol. The number of ether oxygens (including phenoxy) is 1. The normalized spacial score (nSPS) is 15.9. The van der Waals surface area contributed by atoms with Crippen molar-refractivity contribution in [1.82, 2.24) is 10.3 Å². The summed E-state index contributed by atoms with van der Waals surface area (Å²) >= 11 is 0. The summed E-state index contributed by atoms with van der Waals surface area (Å²) in [7, 11) is 1.65. The number of rotatable bonds is 2. The van der Waals surface area contributed by atoms with Gasteiger partial charge in [0.15, 0.2) is 0 Å². The van der Waals surface area contributed by atoms with E-state index in [4.69, 9.17) is 4.74 Å². The molecule has 1 aliphatic heterocycles. The summed E-state index contributed by atoms with van der Waals surface area (Å²) < 4.78 is 5.17. The fourth-order valence-corrected chi connectivity index (χ4v) is 2.42. The highest BCUT2D eigenvalue weighted by Crippen LogP contribution is 2.27. The van der Waals surface area contributed by atoms with Gasteiger partial charge in [0.05, 0.1) is 12.6 Å². The van der Waals surface area contributed by atoms with Crippen LogP contribution < -0.4 is 15.0 Å². The van der Waals surface area contributed by atoms with Crippen LogP contribution in [0.5, 0.6) is 5.88 Å². The number of nitrogens with one attached hydrogen (secondary N) is 1. The summed E-state index contributed by atoms with van der Waals surface area (Å²) in [5.74, 6) is 0.667. The van der Waals surface area contributed by atoms with Crippen molar-refractivity contribution in [3.05, 3.63) is 30.3 Å². The van der Waals surface area contributed by atoms with Crippen molar-refractivity contribution in [2.75, 3.05) is 38.2 Å². The van der Waals surface area contributed by atoms with Crippen LogP contribution >= 0.6 is 0 Å². The predicted molar refractivity (Wildman–Crippen MR) is 73.4 cm³/mol. The molecule has 1 aromatic carbocycles. The van der Waals surface area contributed by atoms with Crippen LogP contribution in [-0.2, 0) is 0 Å². The highest BCUT2D eigenvalue weighted by molar-refractivity contribution is 5.92. The number of anilines is 1. The molecule has 0 amide bonds. The zero-order valence-electron chi connectivity index (χ0n) is 10.5. The van der Waals surface area contributed by atoms with Crippen molar-refractivity contribution in [3.63, 3.8) is 0 Å². The van der Waals surface area contributed by atoms with Gasteiger partial charge in [0.25, 0.3) is 0 Å². The number of benzene rings is 1. The number of fused-ring (bicyclic) bond motifs is 1. The van der Waals surface area contributed by atoms with Gasteiger partial charge in [-0.3, -0.25) is 0 Å². The Morgan fingerprint density at radius 1 is 1.17 bits per heavy atom. The van der Waals surface area contributed by atoms with Crippen LogP contribution in [0, 0.1) is 0 Å².